The zero-order chi connectivity index (χ0) is 16.2. The molecule has 1 aromatic carbocycles. The number of carbonyl (C=O) groups is 1. The molecule has 1 amide bonds. The Labute approximate surface area is 132 Å². The number of phenolic OH excluding ortho intramolecular Hbond substituents is 2. The molecule has 0 radical (unpaired) electrons. The van der Waals surface area contributed by atoms with Crippen LogP contribution in [0.15, 0.2) is 23.3 Å². The van der Waals surface area contributed by atoms with Crippen LogP contribution in [0.25, 0.3) is 0 Å². The Morgan fingerprint density at radius 3 is 2.50 bits per heavy atom. The van der Waals surface area contributed by atoms with Crippen molar-refractivity contribution in [1.29, 1.82) is 0 Å². The highest BCUT2D eigenvalue weighted by Gasteiger charge is 2.01. The minimum absolute atomic E-state index is 0.0161. The lowest BCUT2D eigenvalue weighted by molar-refractivity contribution is -0.121. The Bertz CT molecular complexity index is 487. The molecule has 5 heteroatoms. The fourth-order valence-corrected chi connectivity index (χ4v) is 2.11. The molecule has 0 atom stereocenters. The standard InChI is InChI=1S/C17H26N2O3/c1-2-3-4-5-6-7-8-9-17(22)19-18-13-14-10-11-15(20)12-16(14)21/h10-13,20-21H,2-9H2,1H3,(H,19,22). The van der Waals surface area contributed by atoms with Gasteiger partial charge in [0.2, 0.25) is 5.91 Å². The van der Waals surface area contributed by atoms with Crippen molar-refractivity contribution in [2.45, 2.75) is 58.3 Å². The van der Waals surface area contributed by atoms with E-state index >= 15 is 0 Å². The molecule has 0 aromatic heterocycles. The first-order valence-corrected chi connectivity index (χ1v) is 7.97. The number of aromatic hydroxyl groups is 2. The van der Waals surface area contributed by atoms with Gasteiger partial charge in [-0.25, -0.2) is 5.43 Å². The third-order valence-electron chi connectivity index (χ3n) is 3.41. The maximum absolute atomic E-state index is 11.6. The van der Waals surface area contributed by atoms with Crippen molar-refractivity contribution in [3.63, 3.8) is 0 Å². The Morgan fingerprint density at radius 1 is 1.14 bits per heavy atom. The number of hydrogen-bond donors (Lipinski definition) is 3. The molecule has 0 saturated carbocycles. The number of unbranched alkanes of at least 4 members (excludes halogenated alkanes) is 6. The lowest BCUT2D eigenvalue weighted by atomic mass is 10.1. The second kappa shape index (κ2) is 10.7. The summed E-state index contributed by atoms with van der Waals surface area (Å²) in [6.45, 7) is 2.20. The van der Waals surface area contributed by atoms with E-state index in [0.717, 1.165) is 12.8 Å². The van der Waals surface area contributed by atoms with Crippen LogP contribution < -0.4 is 5.43 Å². The van der Waals surface area contributed by atoms with Gasteiger partial charge in [-0.3, -0.25) is 4.79 Å². The lowest BCUT2D eigenvalue weighted by Crippen LogP contribution is -2.16. The first-order valence-electron chi connectivity index (χ1n) is 7.97. The van der Waals surface area contributed by atoms with E-state index in [1.165, 1.54) is 56.5 Å². The van der Waals surface area contributed by atoms with E-state index < -0.39 is 0 Å². The first-order chi connectivity index (χ1) is 10.6. The summed E-state index contributed by atoms with van der Waals surface area (Å²) in [5, 5.41) is 22.5. The molecule has 22 heavy (non-hydrogen) atoms. The van der Waals surface area contributed by atoms with Crippen LogP contribution in [0.4, 0.5) is 0 Å². The molecule has 0 fully saturated rings. The molecule has 0 heterocycles. The van der Waals surface area contributed by atoms with E-state index in [1.807, 2.05) is 0 Å². The summed E-state index contributed by atoms with van der Waals surface area (Å²) in [5.74, 6) is -0.217. The topological polar surface area (TPSA) is 81.9 Å². The quantitative estimate of drug-likeness (QED) is 0.350. The van der Waals surface area contributed by atoms with E-state index in [4.69, 9.17) is 5.11 Å². The third kappa shape index (κ3) is 7.67. The molecule has 0 aliphatic carbocycles. The van der Waals surface area contributed by atoms with Crippen LogP contribution in [-0.2, 0) is 4.79 Å². The molecule has 0 bridgehead atoms. The molecule has 122 valence electrons. The minimum atomic E-state index is -0.122. The van der Waals surface area contributed by atoms with Gasteiger partial charge in [0.25, 0.3) is 0 Å². The van der Waals surface area contributed by atoms with Gasteiger partial charge in [0, 0.05) is 18.1 Å². The van der Waals surface area contributed by atoms with E-state index in [1.54, 1.807) is 0 Å². The van der Waals surface area contributed by atoms with Gasteiger partial charge >= 0.3 is 0 Å². The predicted molar refractivity (Wildman–Crippen MR) is 88.1 cm³/mol. The molecule has 5 nitrogen and oxygen atoms in total. The average molecular weight is 306 g/mol. The monoisotopic (exact) mass is 306 g/mol. The maximum Gasteiger partial charge on any atom is 0.240 e. The minimum Gasteiger partial charge on any atom is -0.508 e. The van der Waals surface area contributed by atoms with Crippen LogP contribution in [0.1, 0.15) is 63.9 Å². The van der Waals surface area contributed by atoms with Crippen molar-refractivity contribution in [2.24, 2.45) is 5.10 Å². The van der Waals surface area contributed by atoms with E-state index in [0.29, 0.717) is 12.0 Å². The SMILES string of the molecule is CCCCCCCCCC(=O)NN=Cc1ccc(O)cc1O. The number of hydrogen-bond acceptors (Lipinski definition) is 4. The van der Waals surface area contributed by atoms with Crippen LogP contribution in [0.3, 0.4) is 0 Å². The Hall–Kier alpha value is -2.04. The van der Waals surface area contributed by atoms with Gasteiger partial charge in [-0.15, -0.1) is 0 Å². The largest absolute Gasteiger partial charge is 0.508 e. The highest BCUT2D eigenvalue weighted by atomic mass is 16.3. The van der Waals surface area contributed by atoms with Gasteiger partial charge in [-0.1, -0.05) is 45.4 Å². The number of benzene rings is 1. The second-order valence-electron chi connectivity index (χ2n) is 5.41. The Morgan fingerprint density at radius 2 is 1.82 bits per heavy atom. The Balaban J connectivity index is 2.16. The number of carbonyl (C=O) groups excluding carboxylic acids is 1. The van der Waals surface area contributed by atoms with Gasteiger partial charge in [0.1, 0.15) is 11.5 Å². The summed E-state index contributed by atoms with van der Waals surface area (Å²) in [7, 11) is 0. The molecule has 0 saturated heterocycles. The molecule has 3 N–H and O–H groups in total. The van der Waals surface area contributed by atoms with Gasteiger partial charge < -0.3 is 10.2 Å². The number of phenols is 2. The van der Waals surface area contributed by atoms with Crippen molar-refractivity contribution in [3.8, 4) is 11.5 Å². The number of rotatable bonds is 10. The molecule has 0 aliphatic rings. The first kappa shape index (κ1) is 18.0. The number of nitrogens with one attached hydrogen (secondary N) is 1. The van der Waals surface area contributed by atoms with E-state index in [-0.39, 0.29) is 17.4 Å². The molecular weight excluding hydrogens is 280 g/mol. The Kier molecular flexibility index (Phi) is 8.72. The normalized spacial score (nSPS) is 11.0. The maximum atomic E-state index is 11.6. The average Bonchev–Trinajstić information content (AvgIpc) is 2.48. The fourth-order valence-electron chi connectivity index (χ4n) is 2.11. The molecule has 1 aromatic rings. The number of amides is 1. The van der Waals surface area contributed by atoms with Crippen LogP contribution in [0, 0.1) is 0 Å². The van der Waals surface area contributed by atoms with Crippen LogP contribution in [0.5, 0.6) is 11.5 Å². The summed E-state index contributed by atoms with van der Waals surface area (Å²) < 4.78 is 0. The smallest absolute Gasteiger partial charge is 0.240 e. The van der Waals surface area contributed by atoms with E-state index in [2.05, 4.69) is 17.5 Å². The molecule has 0 unspecified atom stereocenters. The molecule has 0 aliphatic heterocycles. The fraction of sp³-hybridized carbons (Fsp3) is 0.529. The summed E-state index contributed by atoms with van der Waals surface area (Å²) in [6, 6.07) is 4.19. The summed E-state index contributed by atoms with van der Waals surface area (Å²) in [4.78, 5) is 11.6. The van der Waals surface area contributed by atoms with E-state index in [9.17, 15) is 9.90 Å². The van der Waals surface area contributed by atoms with Crippen molar-refractivity contribution >= 4 is 12.1 Å². The van der Waals surface area contributed by atoms with Crippen molar-refractivity contribution in [2.75, 3.05) is 0 Å². The van der Waals surface area contributed by atoms with Gasteiger partial charge in [0.15, 0.2) is 0 Å². The molecule has 1 rings (SSSR count). The highest BCUT2D eigenvalue weighted by molar-refractivity contribution is 5.85. The summed E-state index contributed by atoms with van der Waals surface area (Å²) >= 11 is 0. The predicted octanol–water partition coefficient (Wildman–Crippen LogP) is 3.69. The van der Waals surface area contributed by atoms with Crippen molar-refractivity contribution in [1.82, 2.24) is 5.43 Å². The van der Waals surface area contributed by atoms with Crippen LogP contribution >= 0.6 is 0 Å². The van der Waals surface area contributed by atoms with Crippen LogP contribution in [0.2, 0.25) is 0 Å². The van der Waals surface area contributed by atoms with Gasteiger partial charge in [-0.2, -0.15) is 5.10 Å². The number of hydrazone groups is 1. The molecular formula is C17H26N2O3. The van der Waals surface area contributed by atoms with Crippen LogP contribution in [-0.4, -0.2) is 22.3 Å². The zero-order valence-electron chi connectivity index (χ0n) is 13.2. The zero-order valence-corrected chi connectivity index (χ0v) is 13.2. The second-order valence-corrected chi connectivity index (χ2v) is 5.41. The van der Waals surface area contributed by atoms with Crippen molar-refractivity contribution in [3.05, 3.63) is 23.8 Å². The van der Waals surface area contributed by atoms with Crippen molar-refractivity contribution < 1.29 is 15.0 Å². The summed E-state index contributed by atoms with van der Waals surface area (Å²) in [5.41, 5.74) is 2.88. The van der Waals surface area contributed by atoms with Gasteiger partial charge in [-0.05, 0) is 18.6 Å². The summed E-state index contributed by atoms with van der Waals surface area (Å²) in [6.07, 6.45) is 10.0. The lowest BCUT2D eigenvalue weighted by Gasteiger charge is -2.02. The van der Waals surface area contributed by atoms with Gasteiger partial charge in [0.05, 0.1) is 6.21 Å². The highest BCUT2D eigenvalue weighted by Crippen LogP contribution is 2.20. The number of nitrogens with zero attached hydrogens (tertiary/aromatic N) is 1. The third-order valence-corrected chi connectivity index (χ3v) is 3.41. The molecule has 0 spiro atoms.